The Balaban J connectivity index is 1.49. The lowest BCUT2D eigenvalue weighted by Gasteiger charge is -2.35. The van der Waals surface area contributed by atoms with Crippen molar-refractivity contribution < 1.29 is 32.6 Å². The van der Waals surface area contributed by atoms with Crippen LogP contribution in [0.5, 0.6) is 0 Å². The quantitative estimate of drug-likeness (QED) is 0.275. The highest BCUT2D eigenvalue weighted by Gasteiger charge is 2.67. The Kier molecular flexibility index (Phi) is 7.91. The molecule has 228 valence electrons. The van der Waals surface area contributed by atoms with Gasteiger partial charge in [-0.1, -0.05) is 38.0 Å². The Morgan fingerprint density at radius 3 is 2.40 bits per heavy atom. The van der Waals surface area contributed by atoms with Crippen LogP contribution in [0.2, 0.25) is 0 Å². The van der Waals surface area contributed by atoms with Gasteiger partial charge in [-0.15, -0.1) is 0 Å². The number of piperidine rings is 1. The molecular formula is C32H37N3O7S. The number of hydrogen-bond donors (Lipinski definition) is 1. The summed E-state index contributed by atoms with van der Waals surface area (Å²) >= 11 is 0. The number of ether oxygens (including phenoxy) is 1. The number of para-hydroxylation sites is 1. The molecule has 0 radical (unpaired) electrons. The van der Waals surface area contributed by atoms with Gasteiger partial charge in [0.2, 0.25) is 10.0 Å². The molecule has 2 aromatic carbocycles. The van der Waals surface area contributed by atoms with Crippen molar-refractivity contribution >= 4 is 39.1 Å². The van der Waals surface area contributed by atoms with E-state index in [0.29, 0.717) is 50.3 Å². The molecule has 2 atom stereocenters. The average molecular weight is 608 g/mol. The van der Waals surface area contributed by atoms with E-state index >= 15 is 0 Å². The Labute approximate surface area is 252 Å². The summed E-state index contributed by atoms with van der Waals surface area (Å²) in [6.07, 6.45) is 5.27. The first-order chi connectivity index (χ1) is 20.7. The molecule has 43 heavy (non-hydrogen) atoms. The van der Waals surface area contributed by atoms with Crippen molar-refractivity contribution in [1.29, 1.82) is 0 Å². The number of aliphatic hydroxyl groups is 1. The third kappa shape index (κ3) is 4.69. The van der Waals surface area contributed by atoms with E-state index in [9.17, 15) is 27.9 Å². The number of Topliss-reactive ketones (excluding diaryl/α,β-unsaturated/α-hetero) is 1. The summed E-state index contributed by atoms with van der Waals surface area (Å²) in [6.45, 7) is 3.87. The largest absolute Gasteiger partial charge is 0.507 e. The number of aliphatic hydroxyl groups excluding tert-OH is 1. The number of hydrogen-bond acceptors (Lipinski definition) is 7. The fourth-order valence-electron chi connectivity index (χ4n) is 6.83. The molecule has 10 nitrogen and oxygen atoms in total. The maximum atomic E-state index is 14.6. The van der Waals surface area contributed by atoms with Crippen molar-refractivity contribution in [3.63, 3.8) is 0 Å². The summed E-state index contributed by atoms with van der Waals surface area (Å²) in [4.78, 5) is 45.2. The zero-order chi connectivity index (χ0) is 30.4. The summed E-state index contributed by atoms with van der Waals surface area (Å²) in [6, 6.07) is 12.7. The third-order valence-corrected chi connectivity index (χ3v) is 10.9. The number of carbonyl (C=O) groups excluding carboxylic acids is 3. The monoisotopic (exact) mass is 607 g/mol. The number of benzene rings is 2. The number of likely N-dealkylation sites (tertiary alicyclic amines) is 1. The van der Waals surface area contributed by atoms with Gasteiger partial charge in [0.15, 0.2) is 5.54 Å². The maximum Gasteiger partial charge on any atom is 0.296 e. The molecule has 4 aliphatic heterocycles. The minimum Gasteiger partial charge on any atom is -0.507 e. The molecule has 3 fully saturated rings. The Bertz CT molecular complexity index is 1570. The Hall–Kier alpha value is -3.54. The number of anilines is 1. The van der Waals surface area contributed by atoms with Gasteiger partial charge in [0.05, 0.1) is 22.3 Å². The van der Waals surface area contributed by atoms with E-state index in [-0.39, 0.29) is 28.7 Å². The minimum atomic E-state index is -3.72. The van der Waals surface area contributed by atoms with Gasteiger partial charge in [-0.3, -0.25) is 14.4 Å². The van der Waals surface area contributed by atoms with Crippen LogP contribution in [0.3, 0.4) is 0 Å². The van der Waals surface area contributed by atoms with Crippen molar-refractivity contribution in [3.8, 4) is 0 Å². The summed E-state index contributed by atoms with van der Waals surface area (Å²) in [7, 11) is -3.72. The van der Waals surface area contributed by atoms with Crippen molar-refractivity contribution in [1.82, 2.24) is 9.21 Å². The van der Waals surface area contributed by atoms with Gasteiger partial charge in [-0.2, -0.15) is 4.31 Å². The number of amides is 2. The normalized spacial score (nSPS) is 25.7. The molecule has 3 saturated heterocycles. The molecule has 2 unspecified atom stereocenters. The molecule has 1 spiro atoms. The Morgan fingerprint density at radius 1 is 1.00 bits per heavy atom. The summed E-state index contributed by atoms with van der Waals surface area (Å²) in [5.41, 5.74) is -0.983. The van der Waals surface area contributed by atoms with Gasteiger partial charge < -0.3 is 19.6 Å². The molecule has 4 aliphatic rings. The van der Waals surface area contributed by atoms with Crippen molar-refractivity contribution in [2.75, 3.05) is 37.7 Å². The number of rotatable bonds is 8. The van der Waals surface area contributed by atoms with Crippen LogP contribution in [0.15, 0.2) is 59.0 Å². The molecule has 2 aromatic rings. The number of carbonyl (C=O) groups is 3. The van der Waals surface area contributed by atoms with Crippen LogP contribution in [0.4, 0.5) is 5.69 Å². The average Bonchev–Trinajstić information content (AvgIpc) is 3.69. The maximum absolute atomic E-state index is 14.6. The lowest BCUT2D eigenvalue weighted by Crippen LogP contribution is -2.54. The van der Waals surface area contributed by atoms with Gasteiger partial charge in [0.1, 0.15) is 5.76 Å². The van der Waals surface area contributed by atoms with Crippen LogP contribution < -0.4 is 4.90 Å². The molecule has 4 heterocycles. The molecule has 11 heteroatoms. The van der Waals surface area contributed by atoms with Crippen LogP contribution in [0, 0.1) is 0 Å². The van der Waals surface area contributed by atoms with Crippen molar-refractivity contribution in [2.45, 2.75) is 68.4 Å². The van der Waals surface area contributed by atoms with E-state index in [1.165, 1.54) is 33.5 Å². The van der Waals surface area contributed by atoms with Crippen LogP contribution in [0.1, 0.15) is 63.0 Å². The molecule has 0 aliphatic carbocycles. The van der Waals surface area contributed by atoms with E-state index in [4.69, 9.17) is 4.74 Å². The van der Waals surface area contributed by atoms with E-state index < -0.39 is 38.9 Å². The lowest BCUT2D eigenvalue weighted by molar-refractivity contribution is -0.145. The third-order valence-electron chi connectivity index (χ3n) is 9.04. The van der Waals surface area contributed by atoms with Crippen LogP contribution in [0.25, 0.3) is 5.76 Å². The predicted octanol–water partition coefficient (Wildman–Crippen LogP) is 3.76. The van der Waals surface area contributed by atoms with Gasteiger partial charge in [-0.05, 0) is 62.4 Å². The molecule has 0 saturated carbocycles. The molecule has 1 N–H and O–H groups in total. The van der Waals surface area contributed by atoms with Crippen molar-refractivity contribution in [2.24, 2.45) is 0 Å². The predicted molar refractivity (Wildman–Crippen MR) is 160 cm³/mol. The fraction of sp³-hybridized carbons (Fsp3) is 0.469. The van der Waals surface area contributed by atoms with E-state index in [0.717, 1.165) is 32.1 Å². The second-order valence-corrected chi connectivity index (χ2v) is 13.6. The topological polar surface area (TPSA) is 125 Å². The highest BCUT2D eigenvalue weighted by molar-refractivity contribution is 7.89. The van der Waals surface area contributed by atoms with E-state index in [1.807, 2.05) is 6.92 Å². The molecule has 2 amide bonds. The second kappa shape index (κ2) is 11.5. The standard InChI is InChI=1S/C32H37N3O7S/c1-2-3-19-34-26-12-6-5-11-25(26)32(31(34)39)27(29(37)30(38)35(32)21-23-10-9-20-42-23)28(36)22-13-15-24(16-14-22)43(40,41)33-17-7-4-8-18-33/h5-6,11-16,23,36H,2-4,7-10,17-21H2,1H3/b28-27+. The second-order valence-electron chi connectivity index (χ2n) is 11.6. The van der Waals surface area contributed by atoms with E-state index in [1.54, 1.807) is 29.2 Å². The smallest absolute Gasteiger partial charge is 0.296 e. The van der Waals surface area contributed by atoms with Crippen LogP contribution in [-0.2, 0) is 34.7 Å². The number of unbranched alkanes of at least 4 members (excludes halogenated alkanes) is 1. The molecule has 0 aromatic heterocycles. The van der Waals surface area contributed by atoms with Gasteiger partial charge in [-0.25, -0.2) is 8.42 Å². The first-order valence-electron chi connectivity index (χ1n) is 15.2. The van der Waals surface area contributed by atoms with Gasteiger partial charge in [0, 0.05) is 43.9 Å². The van der Waals surface area contributed by atoms with Crippen LogP contribution in [-0.4, -0.2) is 79.2 Å². The first-order valence-corrected chi connectivity index (χ1v) is 16.6. The summed E-state index contributed by atoms with van der Waals surface area (Å²) in [5, 5.41) is 11.8. The molecular weight excluding hydrogens is 570 g/mol. The zero-order valence-corrected chi connectivity index (χ0v) is 25.1. The first kappa shape index (κ1) is 29.5. The number of nitrogens with zero attached hydrogens (tertiary/aromatic N) is 3. The summed E-state index contributed by atoms with van der Waals surface area (Å²) < 4.78 is 33.7. The zero-order valence-electron chi connectivity index (χ0n) is 24.3. The molecule has 6 rings (SSSR count). The fourth-order valence-corrected chi connectivity index (χ4v) is 8.35. The Morgan fingerprint density at radius 2 is 1.72 bits per heavy atom. The van der Waals surface area contributed by atoms with Gasteiger partial charge in [0.25, 0.3) is 17.6 Å². The number of ketones is 1. The number of fused-ring (bicyclic) bond motifs is 2. The van der Waals surface area contributed by atoms with Crippen molar-refractivity contribution in [3.05, 3.63) is 65.2 Å². The highest BCUT2D eigenvalue weighted by Crippen LogP contribution is 2.54. The van der Waals surface area contributed by atoms with Crippen LogP contribution >= 0.6 is 0 Å². The lowest BCUT2D eigenvalue weighted by atomic mass is 9.81. The molecule has 0 bridgehead atoms. The number of sulfonamides is 1. The highest BCUT2D eigenvalue weighted by atomic mass is 32.2. The summed E-state index contributed by atoms with van der Waals surface area (Å²) in [5.74, 6) is -2.82. The SMILES string of the molecule is CCCCN1C(=O)C2(/C(=C(/O)c3ccc(S(=O)(=O)N4CCCCC4)cc3)C(=O)C(=O)N2CC2CCCO2)c2ccccc21. The van der Waals surface area contributed by atoms with Gasteiger partial charge >= 0.3 is 0 Å². The van der Waals surface area contributed by atoms with E-state index in [2.05, 4.69) is 0 Å². The minimum absolute atomic E-state index is 0.0239.